The first-order valence-corrected chi connectivity index (χ1v) is 8.38. The van der Waals surface area contributed by atoms with Crippen molar-refractivity contribution >= 4 is 5.91 Å². The number of nitrogens with one attached hydrogen (secondary N) is 2. The minimum Gasteiger partial charge on any atom is -0.337 e. The van der Waals surface area contributed by atoms with Crippen LogP contribution >= 0.6 is 0 Å². The fraction of sp³-hybridized carbons (Fsp3) is 0.278. The van der Waals surface area contributed by atoms with Crippen LogP contribution in [0.4, 0.5) is 0 Å². The van der Waals surface area contributed by atoms with Gasteiger partial charge in [0.25, 0.3) is 11.5 Å². The van der Waals surface area contributed by atoms with E-state index in [1.165, 1.54) is 10.7 Å². The number of aromatic nitrogens is 4. The predicted molar refractivity (Wildman–Crippen MR) is 92.9 cm³/mol. The van der Waals surface area contributed by atoms with E-state index >= 15 is 0 Å². The molecule has 0 aliphatic carbocycles. The molecule has 0 bridgehead atoms. The number of hydrogen-bond donors (Lipinski definition) is 2. The molecule has 2 N–H and O–H groups in total. The molecule has 0 spiro atoms. The van der Waals surface area contributed by atoms with Crippen LogP contribution in [0.1, 0.15) is 34.9 Å². The number of H-pyrrole nitrogens is 2. The molecule has 1 aromatic carbocycles. The summed E-state index contributed by atoms with van der Waals surface area (Å²) < 4.78 is 1.39. The van der Waals surface area contributed by atoms with Gasteiger partial charge < -0.3 is 4.90 Å². The Labute approximate surface area is 144 Å². The van der Waals surface area contributed by atoms with E-state index < -0.39 is 0 Å². The SMILES string of the molecule is O=C(c1cc(=O)n(-c2ccccc2)[nH]1)N1CCC[C@@H](c2ccn[nH]2)C1. The maximum Gasteiger partial charge on any atom is 0.271 e. The average Bonchev–Trinajstić information content (AvgIpc) is 3.32. The molecule has 25 heavy (non-hydrogen) atoms. The fourth-order valence-corrected chi connectivity index (χ4v) is 3.35. The van der Waals surface area contributed by atoms with E-state index in [0.717, 1.165) is 18.5 Å². The van der Waals surface area contributed by atoms with Crippen LogP contribution in [-0.2, 0) is 0 Å². The van der Waals surface area contributed by atoms with E-state index in [4.69, 9.17) is 0 Å². The molecule has 7 nitrogen and oxygen atoms in total. The molecule has 3 heterocycles. The molecule has 0 radical (unpaired) electrons. The maximum absolute atomic E-state index is 12.8. The lowest BCUT2D eigenvalue weighted by Gasteiger charge is -2.31. The highest BCUT2D eigenvalue weighted by Gasteiger charge is 2.27. The number of likely N-dealkylation sites (tertiary alicyclic amines) is 1. The Bertz CT molecular complexity index is 911. The Kier molecular flexibility index (Phi) is 3.97. The smallest absolute Gasteiger partial charge is 0.271 e. The lowest BCUT2D eigenvalue weighted by atomic mass is 9.95. The van der Waals surface area contributed by atoms with Crippen molar-refractivity contribution in [1.29, 1.82) is 0 Å². The van der Waals surface area contributed by atoms with Gasteiger partial charge in [-0.25, -0.2) is 4.68 Å². The number of rotatable bonds is 3. The second-order valence-electron chi connectivity index (χ2n) is 6.28. The van der Waals surface area contributed by atoms with Crippen LogP contribution in [0.2, 0.25) is 0 Å². The summed E-state index contributed by atoms with van der Waals surface area (Å²) in [5, 5.41) is 9.92. The van der Waals surface area contributed by atoms with Gasteiger partial charge in [-0.2, -0.15) is 5.10 Å². The summed E-state index contributed by atoms with van der Waals surface area (Å²) in [7, 11) is 0. The zero-order chi connectivity index (χ0) is 17.2. The number of amides is 1. The van der Waals surface area contributed by atoms with E-state index in [9.17, 15) is 9.59 Å². The molecule has 7 heteroatoms. The van der Waals surface area contributed by atoms with Crippen LogP contribution in [0, 0.1) is 0 Å². The fourth-order valence-electron chi connectivity index (χ4n) is 3.35. The molecule has 1 saturated heterocycles. The van der Waals surface area contributed by atoms with E-state index in [2.05, 4.69) is 15.3 Å². The number of para-hydroxylation sites is 1. The number of hydrogen-bond acceptors (Lipinski definition) is 3. The van der Waals surface area contributed by atoms with Crippen LogP contribution < -0.4 is 5.56 Å². The molecule has 0 unspecified atom stereocenters. The number of benzene rings is 1. The zero-order valence-electron chi connectivity index (χ0n) is 13.7. The zero-order valence-corrected chi connectivity index (χ0v) is 13.7. The van der Waals surface area contributed by atoms with Crippen LogP contribution in [0.15, 0.2) is 53.5 Å². The van der Waals surface area contributed by atoms with Crippen LogP contribution in [0.3, 0.4) is 0 Å². The summed E-state index contributed by atoms with van der Waals surface area (Å²) in [5.74, 6) is 0.110. The third kappa shape index (κ3) is 3.00. The third-order valence-corrected chi connectivity index (χ3v) is 4.64. The monoisotopic (exact) mass is 337 g/mol. The molecule has 1 atom stereocenters. The molecule has 2 aromatic heterocycles. The molecular weight excluding hydrogens is 318 g/mol. The molecule has 4 rings (SSSR count). The molecule has 1 fully saturated rings. The highest BCUT2D eigenvalue weighted by molar-refractivity contribution is 5.92. The van der Waals surface area contributed by atoms with Gasteiger partial charge in [0.05, 0.1) is 5.69 Å². The van der Waals surface area contributed by atoms with Gasteiger partial charge in [0, 0.05) is 37.0 Å². The van der Waals surface area contributed by atoms with Gasteiger partial charge in [0.1, 0.15) is 5.69 Å². The Morgan fingerprint density at radius 2 is 2.04 bits per heavy atom. The minimum atomic E-state index is -0.239. The van der Waals surface area contributed by atoms with Gasteiger partial charge in [0.2, 0.25) is 0 Å². The molecule has 0 saturated carbocycles. The molecular formula is C18H19N5O2. The highest BCUT2D eigenvalue weighted by atomic mass is 16.2. The van der Waals surface area contributed by atoms with Crippen molar-refractivity contribution in [2.24, 2.45) is 0 Å². The lowest BCUT2D eigenvalue weighted by Crippen LogP contribution is -2.39. The summed E-state index contributed by atoms with van der Waals surface area (Å²) in [4.78, 5) is 26.9. The van der Waals surface area contributed by atoms with E-state index in [0.29, 0.717) is 24.5 Å². The van der Waals surface area contributed by atoms with Crippen molar-refractivity contribution in [3.05, 3.63) is 70.4 Å². The van der Waals surface area contributed by atoms with Gasteiger partial charge in [-0.15, -0.1) is 0 Å². The van der Waals surface area contributed by atoms with Gasteiger partial charge >= 0.3 is 0 Å². The molecule has 1 amide bonds. The quantitative estimate of drug-likeness (QED) is 0.765. The van der Waals surface area contributed by atoms with Crippen molar-refractivity contribution < 1.29 is 4.79 Å². The van der Waals surface area contributed by atoms with Crippen molar-refractivity contribution in [2.75, 3.05) is 13.1 Å². The lowest BCUT2D eigenvalue weighted by molar-refractivity contribution is 0.0699. The van der Waals surface area contributed by atoms with Crippen LogP contribution in [0.25, 0.3) is 5.69 Å². The normalized spacial score (nSPS) is 17.6. The van der Waals surface area contributed by atoms with Crippen LogP contribution in [0.5, 0.6) is 0 Å². The van der Waals surface area contributed by atoms with Crippen molar-refractivity contribution in [2.45, 2.75) is 18.8 Å². The van der Waals surface area contributed by atoms with Crippen LogP contribution in [-0.4, -0.2) is 43.9 Å². The van der Waals surface area contributed by atoms with Gasteiger partial charge in [-0.3, -0.25) is 19.8 Å². The van der Waals surface area contributed by atoms with E-state index in [-0.39, 0.29) is 17.4 Å². The molecule has 1 aliphatic rings. The minimum absolute atomic E-state index is 0.143. The molecule has 3 aromatic rings. The highest BCUT2D eigenvalue weighted by Crippen LogP contribution is 2.25. The average molecular weight is 337 g/mol. The van der Waals surface area contributed by atoms with Gasteiger partial charge in [0.15, 0.2) is 0 Å². The largest absolute Gasteiger partial charge is 0.337 e. The van der Waals surface area contributed by atoms with E-state index in [1.807, 2.05) is 36.4 Å². The predicted octanol–water partition coefficient (Wildman–Crippen LogP) is 1.91. The summed E-state index contributed by atoms with van der Waals surface area (Å²) in [5.41, 5.74) is 1.84. The summed E-state index contributed by atoms with van der Waals surface area (Å²) in [6.07, 6.45) is 3.68. The first kappa shape index (κ1) is 15.4. The Morgan fingerprint density at radius 1 is 1.20 bits per heavy atom. The number of nitrogens with zero attached hydrogens (tertiary/aromatic N) is 3. The Hall–Kier alpha value is -3.09. The Morgan fingerprint density at radius 3 is 2.80 bits per heavy atom. The van der Waals surface area contributed by atoms with Crippen molar-refractivity contribution in [3.8, 4) is 5.69 Å². The van der Waals surface area contributed by atoms with E-state index in [1.54, 1.807) is 11.1 Å². The summed E-state index contributed by atoms with van der Waals surface area (Å²) >= 11 is 0. The maximum atomic E-state index is 12.8. The number of piperidine rings is 1. The Balaban J connectivity index is 1.56. The van der Waals surface area contributed by atoms with Gasteiger partial charge in [-0.1, -0.05) is 18.2 Å². The second kappa shape index (κ2) is 6.43. The molecule has 1 aliphatic heterocycles. The summed E-state index contributed by atoms with van der Waals surface area (Å²) in [6.45, 7) is 1.32. The third-order valence-electron chi connectivity index (χ3n) is 4.64. The first-order chi connectivity index (χ1) is 12.2. The summed E-state index contributed by atoms with van der Waals surface area (Å²) in [6, 6.07) is 12.5. The number of carbonyl (C=O) groups excluding carboxylic acids is 1. The standard InChI is InChI=1S/C18H19N5O2/c24-17-11-16(21-23(17)14-6-2-1-3-7-14)18(25)22-10-4-5-13(12-22)15-8-9-19-20-15/h1-3,6-9,11,13,21H,4-5,10,12H2,(H,19,20)/t13-/m1/s1. The first-order valence-electron chi connectivity index (χ1n) is 8.38. The van der Waals surface area contributed by atoms with Gasteiger partial charge in [-0.05, 0) is 31.0 Å². The topological polar surface area (TPSA) is 86.8 Å². The molecule has 128 valence electrons. The second-order valence-corrected chi connectivity index (χ2v) is 6.28. The number of carbonyl (C=O) groups is 1. The van der Waals surface area contributed by atoms with Crippen molar-refractivity contribution in [1.82, 2.24) is 24.9 Å². The van der Waals surface area contributed by atoms with Crippen molar-refractivity contribution in [3.63, 3.8) is 0 Å². The number of aromatic amines is 2.